The number of hydrogen-bond acceptors (Lipinski definition) is 1. The highest BCUT2D eigenvalue weighted by Crippen LogP contribution is 2.49. The van der Waals surface area contributed by atoms with Gasteiger partial charge >= 0.3 is 0 Å². The molecule has 1 heterocycles. The smallest absolute Gasteiger partial charge is 0.0917 e. The van der Waals surface area contributed by atoms with Gasteiger partial charge in [0.05, 0.1) is 12.2 Å². The van der Waals surface area contributed by atoms with E-state index in [1.807, 2.05) is 0 Å². The molecule has 2 aliphatic rings. The van der Waals surface area contributed by atoms with Crippen LogP contribution in [0.5, 0.6) is 0 Å². The summed E-state index contributed by atoms with van der Waals surface area (Å²) in [5.74, 6) is 0. The van der Waals surface area contributed by atoms with E-state index in [-0.39, 0.29) is 0 Å². The highest BCUT2D eigenvalue weighted by Gasteiger charge is 2.49. The average Bonchev–Trinajstić information content (AvgIpc) is 2.78. The Balaban J connectivity index is 1.93. The van der Waals surface area contributed by atoms with Crippen LogP contribution in [-0.4, -0.2) is 12.2 Å². The normalized spacial score (nSPS) is 49.6. The van der Waals surface area contributed by atoms with Gasteiger partial charge in [-0.15, -0.1) is 0 Å². The van der Waals surface area contributed by atoms with Crippen LogP contribution in [0.25, 0.3) is 0 Å². The third-order valence-corrected chi connectivity index (χ3v) is 3.77. The van der Waals surface area contributed by atoms with Crippen molar-refractivity contribution in [2.75, 3.05) is 6.61 Å². The standard InChI is InChI=1S/C10H18O/c1-3-9(2)4-6-10(7-5-9)8-11-10/h3-8H2,1-2H3. The molecule has 0 bridgehead atoms. The van der Waals surface area contributed by atoms with Crippen LogP contribution in [0.15, 0.2) is 0 Å². The molecule has 0 aromatic heterocycles. The van der Waals surface area contributed by atoms with Gasteiger partial charge in [-0.2, -0.15) is 0 Å². The Bertz CT molecular complexity index is 148. The van der Waals surface area contributed by atoms with E-state index in [4.69, 9.17) is 4.74 Å². The number of rotatable bonds is 1. The van der Waals surface area contributed by atoms with Crippen molar-refractivity contribution in [3.63, 3.8) is 0 Å². The lowest BCUT2D eigenvalue weighted by Gasteiger charge is -2.35. The molecule has 1 aliphatic heterocycles. The summed E-state index contributed by atoms with van der Waals surface area (Å²) in [6, 6.07) is 0. The van der Waals surface area contributed by atoms with Gasteiger partial charge in [0.1, 0.15) is 0 Å². The van der Waals surface area contributed by atoms with Gasteiger partial charge in [0.25, 0.3) is 0 Å². The minimum absolute atomic E-state index is 0.384. The summed E-state index contributed by atoms with van der Waals surface area (Å²) in [5, 5.41) is 0. The SMILES string of the molecule is CCC1(C)CCC2(CC1)CO2. The molecule has 0 unspecified atom stereocenters. The molecular weight excluding hydrogens is 136 g/mol. The summed E-state index contributed by atoms with van der Waals surface area (Å²) in [7, 11) is 0. The Hall–Kier alpha value is -0.0400. The van der Waals surface area contributed by atoms with Crippen molar-refractivity contribution in [3.05, 3.63) is 0 Å². The van der Waals surface area contributed by atoms with Crippen molar-refractivity contribution in [2.24, 2.45) is 5.41 Å². The Morgan fingerprint density at radius 1 is 1.18 bits per heavy atom. The van der Waals surface area contributed by atoms with Crippen LogP contribution in [0.4, 0.5) is 0 Å². The van der Waals surface area contributed by atoms with E-state index in [1.54, 1.807) is 0 Å². The van der Waals surface area contributed by atoms with E-state index < -0.39 is 0 Å². The largest absolute Gasteiger partial charge is 0.370 e. The molecule has 0 N–H and O–H groups in total. The Morgan fingerprint density at radius 2 is 1.73 bits per heavy atom. The summed E-state index contributed by atoms with van der Waals surface area (Å²) >= 11 is 0. The molecule has 0 atom stereocenters. The number of ether oxygens (including phenoxy) is 1. The molecule has 2 rings (SSSR count). The molecule has 0 aromatic rings. The quantitative estimate of drug-likeness (QED) is 0.529. The second-order valence-corrected chi connectivity index (χ2v) is 4.64. The van der Waals surface area contributed by atoms with Gasteiger partial charge in [-0.25, -0.2) is 0 Å². The topological polar surface area (TPSA) is 12.5 Å². The molecule has 0 radical (unpaired) electrons. The molecule has 1 spiro atoms. The third kappa shape index (κ3) is 1.31. The predicted octanol–water partition coefficient (Wildman–Crippen LogP) is 2.75. The molecule has 1 heteroatoms. The lowest BCUT2D eigenvalue weighted by molar-refractivity contribution is 0.129. The predicted molar refractivity (Wildman–Crippen MR) is 45.5 cm³/mol. The van der Waals surface area contributed by atoms with Gasteiger partial charge in [0.15, 0.2) is 0 Å². The van der Waals surface area contributed by atoms with E-state index in [1.165, 1.54) is 32.1 Å². The van der Waals surface area contributed by atoms with Crippen LogP contribution in [0.1, 0.15) is 46.0 Å². The molecule has 2 fully saturated rings. The molecule has 0 amide bonds. The zero-order chi connectivity index (χ0) is 7.95. The van der Waals surface area contributed by atoms with Crippen molar-refractivity contribution in [1.29, 1.82) is 0 Å². The summed E-state index contributed by atoms with van der Waals surface area (Å²) in [6.07, 6.45) is 6.73. The molecule has 1 nitrogen and oxygen atoms in total. The monoisotopic (exact) mass is 154 g/mol. The fraction of sp³-hybridized carbons (Fsp3) is 1.00. The van der Waals surface area contributed by atoms with Crippen LogP contribution >= 0.6 is 0 Å². The van der Waals surface area contributed by atoms with Gasteiger partial charge < -0.3 is 4.74 Å². The maximum Gasteiger partial charge on any atom is 0.0917 e. The fourth-order valence-corrected chi connectivity index (χ4v) is 2.05. The second-order valence-electron chi connectivity index (χ2n) is 4.64. The van der Waals surface area contributed by atoms with Gasteiger partial charge in [-0.1, -0.05) is 20.3 Å². The third-order valence-electron chi connectivity index (χ3n) is 3.77. The van der Waals surface area contributed by atoms with Crippen molar-refractivity contribution in [3.8, 4) is 0 Å². The zero-order valence-corrected chi connectivity index (χ0v) is 7.65. The molecule has 11 heavy (non-hydrogen) atoms. The second kappa shape index (κ2) is 2.22. The van der Waals surface area contributed by atoms with E-state index in [2.05, 4.69) is 13.8 Å². The molecule has 1 saturated heterocycles. The van der Waals surface area contributed by atoms with Crippen LogP contribution in [0.3, 0.4) is 0 Å². The molecule has 1 saturated carbocycles. The van der Waals surface area contributed by atoms with Gasteiger partial charge in [0, 0.05) is 0 Å². The van der Waals surface area contributed by atoms with Crippen LogP contribution in [-0.2, 0) is 4.74 Å². The van der Waals surface area contributed by atoms with Crippen LogP contribution in [0.2, 0.25) is 0 Å². The van der Waals surface area contributed by atoms with Gasteiger partial charge in [0.2, 0.25) is 0 Å². The Labute approximate surface area is 69.1 Å². The fourth-order valence-electron chi connectivity index (χ4n) is 2.05. The van der Waals surface area contributed by atoms with E-state index in [9.17, 15) is 0 Å². The first kappa shape index (κ1) is 7.60. The number of hydrogen-bond donors (Lipinski definition) is 0. The van der Waals surface area contributed by atoms with Gasteiger partial charge in [-0.3, -0.25) is 0 Å². The summed E-state index contributed by atoms with van der Waals surface area (Å²) in [4.78, 5) is 0. The van der Waals surface area contributed by atoms with Crippen molar-refractivity contribution in [2.45, 2.75) is 51.6 Å². The van der Waals surface area contributed by atoms with E-state index >= 15 is 0 Å². The minimum atomic E-state index is 0.384. The first-order valence-electron chi connectivity index (χ1n) is 4.82. The van der Waals surface area contributed by atoms with Gasteiger partial charge in [-0.05, 0) is 31.1 Å². The highest BCUT2D eigenvalue weighted by molar-refractivity contribution is 4.98. The van der Waals surface area contributed by atoms with E-state index in [0.717, 1.165) is 6.61 Å². The van der Waals surface area contributed by atoms with Crippen LogP contribution < -0.4 is 0 Å². The average molecular weight is 154 g/mol. The highest BCUT2D eigenvalue weighted by atomic mass is 16.6. The molecular formula is C10H18O. The Kier molecular flexibility index (Phi) is 1.54. The first-order valence-corrected chi connectivity index (χ1v) is 4.82. The van der Waals surface area contributed by atoms with E-state index in [0.29, 0.717) is 11.0 Å². The summed E-state index contributed by atoms with van der Waals surface area (Å²) in [5.41, 5.74) is 1.02. The molecule has 0 aromatic carbocycles. The maximum atomic E-state index is 5.47. The minimum Gasteiger partial charge on any atom is -0.370 e. The van der Waals surface area contributed by atoms with Crippen molar-refractivity contribution < 1.29 is 4.74 Å². The first-order chi connectivity index (χ1) is 5.18. The Morgan fingerprint density at radius 3 is 2.09 bits per heavy atom. The number of epoxide rings is 1. The summed E-state index contributed by atoms with van der Waals surface area (Å²) < 4.78 is 5.47. The summed E-state index contributed by atoms with van der Waals surface area (Å²) in [6.45, 7) is 5.78. The van der Waals surface area contributed by atoms with Crippen molar-refractivity contribution >= 4 is 0 Å². The zero-order valence-electron chi connectivity index (χ0n) is 7.65. The lowest BCUT2D eigenvalue weighted by Crippen LogP contribution is -2.28. The molecule has 64 valence electrons. The van der Waals surface area contributed by atoms with Crippen molar-refractivity contribution in [1.82, 2.24) is 0 Å². The lowest BCUT2D eigenvalue weighted by atomic mass is 9.70. The van der Waals surface area contributed by atoms with Crippen LogP contribution in [0, 0.1) is 5.41 Å². The molecule has 1 aliphatic carbocycles. The maximum absolute atomic E-state index is 5.47.